The molecule has 0 amide bonds. The van der Waals surface area contributed by atoms with E-state index in [2.05, 4.69) is 39.8 Å². The van der Waals surface area contributed by atoms with E-state index in [0.29, 0.717) is 6.61 Å². The second kappa shape index (κ2) is 5.18. The molecule has 104 valence electrons. The molecule has 1 atom stereocenters. The molecule has 0 bridgehead atoms. The molecule has 1 heterocycles. The van der Waals surface area contributed by atoms with Gasteiger partial charge >= 0.3 is 7.12 Å². The van der Waals surface area contributed by atoms with Crippen molar-refractivity contribution in [3.05, 3.63) is 29.8 Å². The van der Waals surface area contributed by atoms with Gasteiger partial charge in [-0.15, -0.1) is 0 Å². The average molecular weight is 262 g/mol. The van der Waals surface area contributed by atoms with Gasteiger partial charge in [-0.25, -0.2) is 0 Å². The van der Waals surface area contributed by atoms with Gasteiger partial charge in [-0.3, -0.25) is 0 Å². The lowest BCUT2D eigenvalue weighted by atomic mass is 9.85. The monoisotopic (exact) mass is 262 g/mol. The van der Waals surface area contributed by atoms with Crippen molar-refractivity contribution in [2.75, 3.05) is 6.61 Å². The minimum Gasteiger partial charge on any atom is -0.493 e. The summed E-state index contributed by atoms with van der Waals surface area (Å²) >= 11 is 0. The van der Waals surface area contributed by atoms with Crippen LogP contribution in [0.15, 0.2) is 24.3 Å². The highest BCUT2D eigenvalue weighted by molar-refractivity contribution is 6.43. The smallest absolute Gasteiger partial charge is 0.454 e. The van der Waals surface area contributed by atoms with Gasteiger partial charge in [0.2, 0.25) is 0 Å². The first-order valence-corrected chi connectivity index (χ1v) is 6.87. The van der Waals surface area contributed by atoms with Gasteiger partial charge < -0.3 is 14.0 Å². The van der Waals surface area contributed by atoms with Crippen LogP contribution in [-0.4, -0.2) is 24.9 Å². The topological polar surface area (TPSA) is 27.7 Å². The van der Waals surface area contributed by atoms with Gasteiger partial charge in [0, 0.05) is 6.42 Å². The molecule has 2 rings (SSSR count). The summed E-state index contributed by atoms with van der Waals surface area (Å²) in [6.45, 7) is 10.9. The first-order valence-electron chi connectivity index (χ1n) is 6.87. The van der Waals surface area contributed by atoms with E-state index in [9.17, 15) is 0 Å². The van der Waals surface area contributed by atoms with Crippen LogP contribution in [-0.2, 0) is 9.31 Å². The standard InChI is InChI=1S/C15H23BO3/c1-12-6-8-13(9-7-12)17-11-10-15(4)14(2,3)18-16(5)19-15/h6-9H,10-11H2,1-5H3. The summed E-state index contributed by atoms with van der Waals surface area (Å²) in [5.41, 5.74) is 0.641. The minimum absolute atomic E-state index is 0.153. The molecule has 1 fully saturated rings. The van der Waals surface area contributed by atoms with Gasteiger partial charge in [-0.2, -0.15) is 0 Å². The first-order chi connectivity index (χ1) is 8.82. The van der Waals surface area contributed by atoms with E-state index in [1.807, 2.05) is 19.0 Å². The van der Waals surface area contributed by atoms with Crippen LogP contribution in [0.4, 0.5) is 0 Å². The third-order valence-corrected chi connectivity index (χ3v) is 4.03. The van der Waals surface area contributed by atoms with Crippen molar-refractivity contribution in [2.24, 2.45) is 0 Å². The number of benzene rings is 1. The molecule has 1 aromatic rings. The first kappa shape index (κ1) is 14.4. The van der Waals surface area contributed by atoms with Gasteiger partial charge in [0.05, 0.1) is 17.8 Å². The van der Waals surface area contributed by atoms with E-state index < -0.39 is 0 Å². The van der Waals surface area contributed by atoms with E-state index in [-0.39, 0.29) is 18.3 Å². The average Bonchev–Trinajstić information content (AvgIpc) is 2.50. The third-order valence-electron chi connectivity index (χ3n) is 4.03. The molecule has 0 spiro atoms. The van der Waals surface area contributed by atoms with E-state index in [1.165, 1.54) is 5.56 Å². The van der Waals surface area contributed by atoms with Crippen molar-refractivity contribution in [1.82, 2.24) is 0 Å². The molecule has 1 aliphatic rings. The number of hydrogen-bond acceptors (Lipinski definition) is 3. The van der Waals surface area contributed by atoms with Gasteiger partial charge in [-0.05, 0) is 46.7 Å². The van der Waals surface area contributed by atoms with Crippen LogP contribution in [0.5, 0.6) is 5.75 Å². The fourth-order valence-electron chi connectivity index (χ4n) is 2.43. The third kappa shape index (κ3) is 3.12. The lowest BCUT2D eigenvalue weighted by Gasteiger charge is -2.36. The van der Waals surface area contributed by atoms with Crippen molar-refractivity contribution < 1.29 is 14.0 Å². The predicted molar refractivity (Wildman–Crippen MR) is 77.6 cm³/mol. The highest BCUT2D eigenvalue weighted by Crippen LogP contribution is 2.39. The molecule has 1 aromatic carbocycles. The summed E-state index contributed by atoms with van der Waals surface area (Å²) in [6.07, 6.45) is 0.804. The number of aryl methyl sites for hydroxylation is 1. The van der Waals surface area contributed by atoms with Crippen molar-refractivity contribution in [2.45, 2.75) is 52.1 Å². The van der Waals surface area contributed by atoms with Crippen LogP contribution in [0.25, 0.3) is 0 Å². The maximum Gasteiger partial charge on any atom is 0.454 e. The molecular formula is C15H23BO3. The fraction of sp³-hybridized carbons (Fsp3) is 0.600. The number of rotatable bonds is 4. The van der Waals surface area contributed by atoms with E-state index >= 15 is 0 Å². The fourth-order valence-corrected chi connectivity index (χ4v) is 2.43. The maximum absolute atomic E-state index is 5.92. The molecule has 19 heavy (non-hydrogen) atoms. The van der Waals surface area contributed by atoms with Crippen molar-refractivity contribution >= 4 is 7.12 Å². The van der Waals surface area contributed by atoms with Crippen LogP contribution in [0.2, 0.25) is 6.82 Å². The van der Waals surface area contributed by atoms with E-state index in [0.717, 1.165) is 12.2 Å². The Kier molecular flexibility index (Phi) is 3.93. The Hall–Kier alpha value is -0.995. The lowest BCUT2D eigenvalue weighted by Crippen LogP contribution is -2.45. The molecule has 4 heteroatoms. The van der Waals surface area contributed by atoms with Crippen molar-refractivity contribution in [3.8, 4) is 5.75 Å². The molecule has 0 saturated carbocycles. The minimum atomic E-state index is -0.308. The van der Waals surface area contributed by atoms with Crippen molar-refractivity contribution in [3.63, 3.8) is 0 Å². The van der Waals surface area contributed by atoms with Crippen LogP contribution >= 0.6 is 0 Å². The van der Waals surface area contributed by atoms with Crippen LogP contribution in [0, 0.1) is 6.92 Å². The largest absolute Gasteiger partial charge is 0.493 e. The summed E-state index contributed by atoms with van der Waals surface area (Å²) in [5.74, 6) is 0.902. The zero-order valence-electron chi connectivity index (χ0n) is 12.5. The SMILES string of the molecule is CB1OC(C)(C)C(C)(CCOc2ccc(C)cc2)O1. The Labute approximate surface area is 116 Å². The molecule has 0 aliphatic carbocycles. The highest BCUT2D eigenvalue weighted by atomic mass is 16.7. The van der Waals surface area contributed by atoms with Gasteiger partial charge in [0.1, 0.15) is 5.75 Å². The Morgan fingerprint density at radius 3 is 2.26 bits per heavy atom. The molecule has 1 aliphatic heterocycles. The quantitative estimate of drug-likeness (QED) is 0.777. The Bertz CT molecular complexity index is 430. The summed E-state index contributed by atoms with van der Waals surface area (Å²) in [6, 6.07) is 8.10. The van der Waals surface area contributed by atoms with E-state index in [4.69, 9.17) is 14.0 Å². The lowest BCUT2D eigenvalue weighted by molar-refractivity contribution is -0.0234. The second-order valence-corrected chi connectivity index (χ2v) is 5.96. The molecular weight excluding hydrogens is 239 g/mol. The van der Waals surface area contributed by atoms with Crippen LogP contribution in [0.3, 0.4) is 0 Å². The summed E-state index contributed by atoms with van der Waals surface area (Å²) < 4.78 is 17.5. The maximum atomic E-state index is 5.92. The number of hydrogen-bond donors (Lipinski definition) is 0. The molecule has 3 nitrogen and oxygen atoms in total. The molecule has 0 radical (unpaired) electrons. The van der Waals surface area contributed by atoms with Crippen molar-refractivity contribution in [1.29, 1.82) is 0 Å². The molecule has 1 unspecified atom stereocenters. The predicted octanol–water partition coefficient (Wildman–Crippen LogP) is 3.47. The molecule has 1 saturated heterocycles. The second-order valence-electron chi connectivity index (χ2n) is 5.96. The molecule has 0 aromatic heterocycles. The van der Waals surface area contributed by atoms with Crippen LogP contribution < -0.4 is 4.74 Å². The van der Waals surface area contributed by atoms with Gasteiger partial charge in [0.25, 0.3) is 0 Å². The Balaban J connectivity index is 1.90. The van der Waals surface area contributed by atoms with Gasteiger partial charge in [0.15, 0.2) is 0 Å². The Morgan fingerprint density at radius 2 is 1.74 bits per heavy atom. The zero-order valence-corrected chi connectivity index (χ0v) is 12.5. The normalized spacial score (nSPS) is 25.6. The summed E-state index contributed by atoms with van der Waals surface area (Å²) in [5, 5.41) is 0. The summed E-state index contributed by atoms with van der Waals surface area (Å²) in [4.78, 5) is 0. The Morgan fingerprint density at radius 1 is 1.11 bits per heavy atom. The number of ether oxygens (including phenoxy) is 1. The molecule has 0 N–H and O–H groups in total. The summed E-state index contributed by atoms with van der Waals surface area (Å²) in [7, 11) is -0.153. The van der Waals surface area contributed by atoms with Gasteiger partial charge in [-0.1, -0.05) is 17.7 Å². The van der Waals surface area contributed by atoms with E-state index in [1.54, 1.807) is 0 Å². The van der Waals surface area contributed by atoms with Crippen LogP contribution in [0.1, 0.15) is 32.8 Å². The highest BCUT2D eigenvalue weighted by Gasteiger charge is 2.51. The zero-order chi connectivity index (χ0) is 14.1.